The van der Waals surface area contributed by atoms with Gasteiger partial charge in [-0.2, -0.15) is 4.90 Å². The number of nitrogens with zero attached hydrogens (tertiary/aromatic N) is 1. The molecule has 0 aromatic heterocycles. The van der Waals surface area contributed by atoms with E-state index < -0.39 is 24.1 Å². The summed E-state index contributed by atoms with van der Waals surface area (Å²) in [5.74, 6) is -1.48. The summed E-state index contributed by atoms with van der Waals surface area (Å²) in [6.45, 7) is 0. The number of imide groups is 3. The van der Waals surface area contributed by atoms with Gasteiger partial charge in [0.2, 0.25) is 11.8 Å². The average Bonchev–Trinajstić information content (AvgIpc) is 2.29. The largest absolute Gasteiger partial charge is 0.514 e. The van der Waals surface area contributed by atoms with Crippen molar-refractivity contribution < 1.29 is 29.0 Å². The summed E-state index contributed by atoms with van der Waals surface area (Å²) < 4.78 is 3.64. The minimum absolute atomic E-state index is 0.0897. The molecule has 0 saturated carbocycles. The standard InChI is InChI=1S/C6H5NO6/c8-3-1-2-4(9)7(3)5(10)13-6(11)12/h1-2H2,(H,11,12). The Kier molecular flexibility index (Phi) is 2.27. The van der Waals surface area contributed by atoms with Crippen LogP contribution >= 0.6 is 0 Å². The van der Waals surface area contributed by atoms with Gasteiger partial charge in [-0.1, -0.05) is 0 Å². The molecule has 7 heteroatoms. The van der Waals surface area contributed by atoms with E-state index in [2.05, 4.69) is 4.74 Å². The fourth-order valence-corrected chi connectivity index (χ4v) is 0.901. The molecule has 1 heterocycles. The fourth-order valence-electron chi connectivity index (χ4n) is 0.901. The molecule has 1 aliphatic heterocycles. The number of likely N-dealkylation sites (tertiary alicyclic amines) is 1. The van der Waals surface area contributed by atoms with Crippen LogP contribution in [0.4, 0.5) is 9.59 Å². The number of amides is 3. The van der Waals surface area contributed by atoms with Crippen molar-refractivity contribution in [3.63, 3.8) is 0 Å². The van der Waals surface area contributed by atoms with Crippen molar-refractivity contribution in [2.45, 2.75) is 12.8 Å². The van der Waals surface area contributed by atoms with Crippen molar-refractivity contribution in [1.82, 2.24) is 4.90 Å². The minimum atomic E-state index is -1.85. The van der Waals surface area contributed by atoms with Crippen LogP contribution in [-0.2, 0) is 14.3 Å². The molecule has 1 fully saturated rings. The van der Waals surface area contributed by atoms with Gasteiger partial charge in [-0.25, -0.2) is 9.59 Å². The van der Waals surface area contributed by atoms with Gasteiger partial charge in [-0.3, -0.25) is 9.59 Å². The molecule has 1 N–H and O–H groups in total. The molecule has 0 atom stereocenters. The highest BCUT2D eigenvalue weighted by atomic mass is 16.7. The van der Waals surface area contributed by atoms with E-state index in [9.17, 15) is 19.2 Å². The van der Waals surface area contributed by atoms with Crippen LogP contribution < -0.4 is 0 Å². The molecule has 0 spiro atoms. The molecule has 0 unspecified atom stereocenters. The summed E-state index contributed by atoms with van der Waals surface area (Å²) in [6.07, 6.45) is -3.49. The lowest BCUT2D eigenvalue weighted by molar-refractivity contribution is -0.135. The number of hydrogen-bond donors (Lipinski definition) is 1. The van der Waals surface area contributed by atoms with Gasteiger partial charge in [-0.05, 0) is 0 Å². The zero-order valence-corrected chi connectivity index (χ0v) is 6.35. The first-order valence-corrected chi connectivity index (χ1v) is 3.33. The van der Waals surface area contributed by atoms with Crippen molar-refractivity contribution >= 4 is 24.1 Å². The number of carboxylic acid groups (broad SMARTS) is 1. The van der Waals surface area contributed by atoms with Crippen molar-refractivity contribution in [1.29, 1.82) is 0 Å². The van der Waals surface area contributed by atoms with Gasteiger partial charge in [0.25, 0.3) is 0 Å². The highest BCUT2D eigenvalue weighted by Gasteiger charge is 2.36. The predicted octanol–water partition coefficient (Wildman–Crippen LogP) is -0.0500. The highest BCUT2D eigenvalue weighted by molar-refractivity contribution is 6.14. The summed E-state index contributed by atoms with van der Waals surface area (Å²) in [5, 5.41) is 8.02. The molecule has 0 aromatic rings. The molecular weight excluding hydrogens is 182 g/mol. The zero-order chi connectivity index (χ0) is 10.0. The molecule has 7 nitrogen and oxygen atoms in total. The number of carbonyl (C=O) groups excluding carboxylic acids is 3. The highest BCUT2D eigenvalue weighted by Crippen LogP contribution is 2.12. The van der Waals surface area contributed by atoms with E-state index in [0.717, 1.165) is 0 Å². The third kappa shape index (κ3) is 1.81. The van der Waals surface area contributed by atoms with Gasteiger partial charge in [0.1, 0.15) is 0 Å². The van der Waals surface area contributed by atoms with Crippen LogP contribution in [0.25, 0.3) is 0 Å². The van der Waals surface area contributed by atoms with Crippen LogP contribution in [0.2, 0.25) is 0 Å². The second-order valence-corrected chi connectivity index (χ2v) is 2.26. The molecule has 1 saturated heterocycles. The summed E-state index contributed by atoms with van der Waals surface area (Å²) >= 11 is 0. The monoisotopic (exact) mass is 187 g/mol. The second-order valence-electron chi connectivity index (χ2n) is 2.26. The first-order chi connectivity index (χ1) is 6.02. The van der Waals surface area contributed by atoms with E-state index in [1.54, 1.807) is 0 Å². The molecular formula is C6H5NO6. The predicted molar refractivity (Wildman–Crippen MR) is 35.6 cm³/mol. The molecule has 13 heavy (non-hydrogen) atoms. The minimum Gasteiger partial charge on any atom is -0.449 e. The fraction of sp³-hybridized carbons (Fsp3) is 0.333. The third-order valence-corrected chi connectivity index (χ3v) is 1.41. The van der Waals surface area contributed by atoms with Crippen molar-refractivity contribution in [3.8, 4) is 0 Å². The van der Waals surface area contributed by atoms with Crippen LogP contribution in [0, 0.1) is 0 Å². The van der Waals surface area contributed by atoms with Crippen LogP contribution in [0.5, 0.6) is 0 Å². The van der Waals surface area contributed by atoms with E-state index in [4.69, 9.17) is 5.11 Å². The van der Waals surface area contributed by atoms with Gasteiger partial charge in [0.05, 0.1) is 0 Å². The molecule has 0 radical (unpaired) electrons. The Morgan fingerprint density at radius 3 is 2.08 bits per heavy atom. The lowest BCUT2D eigenvalue weighted by atomic mass is 10.4. The molecule has 0 aliphatic carbocycles. The Labute approximate surface area is 71.9 Å². The summed E-state index contributed by atoms with van der Waals surface area (Å²) in [6, 6.07) is 0. The van der Waals surface area contributed by atoms with Crippen LogP contribution in [-0.4, -0.2) is 34.1 Å². The first-order valence-electron chi connectivity index (χ1n) is 3.33. The van der Waals surface area contributed by atoms with Gasteiger partial charge in [-0.15, -0.1) is 0 Å². The van der Waals surface area contributed by atoms with Crippen molar-refractivity contribution in [2.75, 3.05) is 0 Å². The smallest absolute Gasteiger partial charge is 0.449 e. The second kappa shape index (κ2) is 3.21. The quantitative estimate of drug-likeness (QED) is 0.324. The SMILES string of the molecule is O=C(O)OC(=O)N1C(=O)CCC1=O. The number of hydrogen-bond acceptors (Lipinski definition) is 5. The Hall–Kier alpha value is -1.92. The Morgan fingerprint density at radius 1 is 1.23 bits per heavy atom. The van der Waals surface area contributed by atoms with E-state index >= 15 is 0 Å². The van der Waals surface area contributed by atoms with Crippen LogP contribution in [0.15, 0.2) is 0 Å². The van der Waals surface area contributed by atoms with Gasteiger partial charge in [0, 0.05) is 12.8 Å². The summed E-state index contributed by atoms with van der Waals surface area (Å²) in [4.78, 5) is 42.5. The number of rotatable bonds is 0. The van der Waals surface area contributed by atoms with E-state index in [-0.39, 0.29) is 17.7 Å². The molecule has 3 amide bonds. The van der Waals surface area contributed by atoms with Crippen molar-refractivity contribution in [2.24, 2.45) is 0 Å². The lowest BCUT2D eigenvalue weighted by Gasteiger charge is -2.08. The molecule has 70 valence electrons. The van der Waals surface area contributed by atoms with Crippen LogP contribution in [0.1, 0.15) is 12.8 Å². The van der Waals surface area contributed by atoms with Gasteiger partial charge in [0.15, 0.2) is 0 Å². The normalized spacial score (nSPS) is 16.2. The number of ether oxygens (including phenoxy) is 1. The van der Waals surface area contributed by atoms with Crippen LogP contribution in [0.3, 0.4) is 0 Å². The zero-order valence-electron chi connectivity index (χ0n) is 6.35. The maximum absolute atomic E-state index is 10.8. The Bertz CT molecular complexity index is 279. The average molecular weight is 187 g/mol. The van der Waals surface area contributed by atoms with E-state index in [0.29, 0.717) is 0 Å². The van der Waals surface area contributed by atoms with Gasteiger partial charge >= 0.3 is 12.2 Å². The van der Waals surface area contributed by atoms with Gasteiger partial charge < -0.3 is 9.84 Å². The van der Waals surface area contributed by atoms with Crippen molar-refractivity contribution in [3.05, 3.63) is 0 Å². The Balaban J connectivity index is 2.70. The third-order valence-electron chi connectivity index (χ3n) is 1.41. The summed E-state index contributed by atoms with van der Waals surface area (Å²) in [5.41, 5.74) is 0. The summed E-state index contributed by atoms with van der Waals surface area (Å²) in [7, 11) is 0. The van der Waals surface area contributed by atoms with E-state index in [1.807, 2.05) is 0 Å². The lowest BCUT2D eigenvalue weighted by Crippen LogP contribution is -2.36. The first kappa shape index (κ1) is 9.17. The number of carbonyl (C=O) groups is 4. The molecule has 1 aliphatic rings. The maximum atomic E-state index is 10.8. The Morgan fingerprint density at radius 2 is 1.69 bits per heavy atom. The maximum Gasteiger partial charge on any atom is 0.514 e. The van der Waals surface area contributed by atoms with E-state index in [1.165, 1.54) is 0 Å². The topological polar surface area (TPSA) is 101 Å². The molecule has 1 rings (SSSR count). The molecule has 0 aromatic carbocycles. The molecule has 0 bridgehead atoms.